The van der Waals surface area contributed by atoms with Crippen LogP contribution in [0.1, 0.15) is 25.8 Å². The van der Waals surface area contributed by atoms with E-state index in [9.17, 15) is 0 Å². The normalized spacial score (nSPS) is 11.0. The van der Waals surface area contributed by atoms with Crippen LogP contribution in [0.2, 0.25) is 0 Å². The van der Waals surface area contributed by atoms with Crippen molar-refractivity contribution in [1.82, 2.24) is 9.78 Å². The molecule has 108 valence electrons. The highest BCUT2D eigenvalue weighted by Gasteiger charge is 2.04. The van der Waals surface area contributed by atoms with Crippen molar-refractivity contribution in [2.24, 2.45) is 0 Å². The van der Waals surface area contributed by atoms with E-state index in [-0.39, 0.29) is 0 Å². The lowest BCUT2D eigenvalue weighted by molar-refractivity contribution is 0.341. The highest BCUT2D eigenvalue weighted by Crippen LogP contribution is 2.21. The van der Waals surface area contributed by atoms with Gasteiger partial charge < -0.3 is 4.74 Å². The Hall–Kier alpha value is -2.29. The molecule has 0 bridgehead atoms. The van der Waals surface area contributed by atoms with Crippen LogP contribution in [-0.4, -0.2) is 16.4 Å². The molecule has 1 heterocycles. The zero-order valence-electron chi connectivity index (χ0n) is 12.5. The van der Waals surface area contributed by atoms with E-state index < -0.39 is 0 Å². The summed E-state index contributed by atoms with van der Waals surface area (Å²) in [6, 6.07) is 14.6. The van der Waals surface area contributed by atoms with E-state index in [1.807, 2.05) is 36.0 Å². The summed E-state index contributed by atoms with van der Waals surface area (Å²) in [5.41, 5.74) is 3.44. The fraction of sp³-hybridized carbons (Fsp3) is 0.278. The molecule has 2 aromatic carbocycles. The van der Waals surface area contributed by atoms with Crippen LogP contribution >= 0.6 is 0 Å². The van der Waals surface area contributed by atoms with Gasteiger partial charge in [0.15, 0.2) is 0 Å². The highest BCUT2D eigenvalue weighted by atomic mass is 16.5. The van der Waals surface area contributed by atoms with Gasteiger partial charge in [-0.2, -0.15) is 5.10 Å². The average Bonchev–Trinajstić information content (AvgIpc) is 2.92. The van der Waals surface area contributed by atoms with Crippen LogP contribution in [0, 0.1) is 0 Å². The van der Waals surface area contributed by atoms with E-state index in [0.29, 0.717) is 6.61 Å². The smallest absolute Gasteiger partial charge is 0.120 e. The van der Waals surface area contributed by atoms with Crippen molar-refractivity contribution >= 4 is 10.9 Å². The predicted octanol–water partition coefficient (Wildman–Crippen LogP) is 4.38. The van der Waals surface area contributed by atoms with Crippen LogP contribution in [-0.2, 0) is 6.42 Å². The number of rotatable bonds is 5. The molecule has 3 rings (SSSR count). The first-order valence-electron chi connectivity index (χ1n) is 7.51. The number of aromatic nitrogens is 2. The lowest BCUT2D eigenvalue weighted by Crippen LogP contribution is -1.94. The number of benzene rings is 2. The maximum absolute atomic E-state index is 5.53. The molecule has 0 N–H and O–H groups in total. The van der Waals surface area contributed by atoms with Gasteiger partial charge in [-0.1, -0.05) is 25.5 Å². The Bertz CT molecular complexity index is 729. The average molecular weight is 280 g/mol. The van der Waals surface area contributed by atoms with E-state index in [1.165, 1.54) is 12.0 Å². The Balaban J connectivity index is 1.92. The zero-order chi connectivity index (χ0) is 14.7. The van der Waals surface area contributed by atoms with Gasteiger partial charge in [0.05, 0.1) is 17.8 Å². The molecule has 21 heavy (non-hydrogen) atoms. The molecule has 0 atom stereocenters. The van der Waals surface area contributed by atoms with Crippen molar-refractivity contribution in [3.8, 4) is 11.4 Å². The summed E-state index contributed by atoms with van der Waals surface area (Å²) < 4.78 is 7.46. The number of hydrogen-bond acceptors (Lipinski definition) is 2. The third-order valence-electron chi connectivity index (χ3n) is 3.53. The van der Waals surface area contributed by atoms with Crippen LogP contribution < -0.4 is 4.74 Å². The van der Waals surface area contributed by atoms with Gasteiger partial charge in [0.1, 0.15) is 5.75 Å². The first kappa shape index (κ1) is 13.7. The second kappa shape index (κ2) is 6.00. The van der Waals surface area contributed by atoms with E-state index in [1.54, 1.807) is 0 Å². The van der Waals surface area contributed by atoms with Crippen LogP contribution in [0.3, 0.4) is 0 Å². The summed E-state index contributed by atoms with van der Waals surface area (Å²) in [6.07, 6.45) is 4.34. The fourth-order valence-electron chi connectivity index (χ4n) is 2.50. The molecule has 0 radical (unpaired) electrons. The van der Waals surface area contributed by atoms with Crippen molar-refractivity contribution in [3.05, 3.63) is 54.2 Å². The molecule has 0 amide bonds. The topological polar surface area (TPSA) is 27.1 Å². The standard InChI is InChI=1S/C18H20N2O/c1-3-5-14-6-8-16(9-7-14)20-13-15-12-17(21-4-2)10-11-18(15)19-20/h6-13H,3-5H2,1-2H3. The number of nitrogens with zero attached hydrogens (tertiary/aromatic N) is 2. The summed E-state index contributed by atoms with van der Waals surface area (Å²) in [4.78, 5) is 0. The van der Waals surface area contributed by atoms with E-state index in [4.69, 9.17) is 4.74 Å². The predicted molar refractivity (Wildman–Crippen MR) is 86.2 cm³/mol. The van der Waals surface area contributed by atoms with Gasteiger partial charge in [0, 0.05) is 11.6 Å². The Kier molecular flexibility index (Phi) is 3.91. The van der Waals surface area contributed by atoms with Crippen molar-refractivity contribution < 1.29 is 4.74 Å². The van der Waals surface area contributed by atoms with Crippen LogP contribution in [0.5, 0.6) is 5.75 Å². The number of fused-ring (bicyclic) bond motifs is 1. The molecular formula is C18H20N2O. The van der Waals surface area contributed by atoms with Gasteiger partial charge in [-0.05, 0) is 49.2 Å². The quantitative estimate of drug-likeness (QED) is 0.693. The second-order valence-corrected chi connectivity index (χ2v) is 5.14. The zero-order valence-corrected chi connectivity index (χ0v) is 12.5. The molecule has 1 aromatic heterocycles. The minimum Gasteiger partial charge on any atom is -0.494 e. The summed E-state index contributed by atoms with van der Waals surface area (Å²) in [7, 11) is 0. The number of aryl methyl sites for hydroxylation is 1. The minimum atomic E-state index is 0.679. The molecule has 0 unspecified atom stereocenters. The number of ether oxygens (including phenoxy) is 1. The van der Waals surface area contributed by atoms with Crippen molar-refractivity contribution in [2.45, 2.75) is 26.7 Å². The van der Waals surface area contributed by atoms with Crippen molar-refractivity contribution in [3.63, 3.8) is 0 Å². The third kappa shape index (κ3) is 2.92. The van der Waals surface area contributed by atoms with Gasteiger partial charge in [-0.25, -0.2) is 4.68 Å². The molecular weight excluding hydrogens is 260 g/mol. The third-order valence-corrected chi connectivity index (χ3v) is 3.53. The SMILES string of the molecule is CCCc1ccc(-n2cc3cc(OCC)ccc3n2)cc1. The maximum Gasteiger partial charge on any atom is 0.120 e. The Morgan fingerprint density at radius 3 is 2.57 bits per heavy atom. The molecule has 0 aliphatic heterocycles. The monoisotopic (exact) mass is 280 g/mol. The van der Waals surface area contributed by atoms with Gasteiger partial charge in [0.25, 0.3) is 0 Å². The molecule has 0 aliphatic rings. The Morgan fingerprint density at radius 2 is 1.86 bits per heavy atom. The van der Waals surface area contributed by atoms with E-state index in [0.717, 1.165) is 28.8 Å². The lowest BCUT2D eigenvalue weighted by atomic mass is 10.1. The largest absolute Gasteiger partial charge is 0.494 e. The summed E-state index contributed by atoms with van der Waals surface area (Å²) in [5, 5.41) is 5.72. The first-order valence-corrected chi connectivity index (χ1v) is 7.51. The molecule has 0 spiro atoms. The molecule has 0 fully saturated rings. The highest BCUT2D eigenvalue weighted by molar-refractivity contribution is 5.80. The maximum atomic E-state index is 5.53. The molecule has 0 saturated heterocycles. The lowest BCUT2D eigenvalue weighted by Gasteiger charge is -2.02. The summed E-state index contributed by atoms with van der Waals surface area (Å²) in [5.74, 6) is 0.892. The molecule has 3 heteroatoms. The van der Waals surface area contributed by atoms with Crippen LogP contribution in [0.15, 0.2) is 48.7 Å². The molecule has 3 aromatic rings. The van der Waals surface area contributed by atoms with E-state index >= 15 is 0 Å². The van der Waals surface area contributed by atoms with Crippen molar-refractivity contribution in [1.29, 1.82) is 0 Å². The number of hydrogen-bond donors (Lipinski definition) is 0. The fourth-order valence-corrected chi connectivity index (χ4v) is 2.50. The molecule has 3 nitrogen and oxygen atoms in total. The molecule has 0 aliphatic carbocycles. The van der Waals surface area contributed by atoms with Gasteiger partial charge in [0.2, 0.25) is 0 Å². The summed E-state index contributed by atoms with van der Waals surface area (Å²) in [6.45, 7) is 4.87. The van der Waals surface area contributed by atoms with Gasteiger partial charge >= 0.3 is 0 Å². The van der Waals surface area contributed by atoms with Crippen LogP contribution in [0.4, 0.5) is 0 Å². The van der Waals surface area contributed by atoms with Crippen LogP contribution in [0.25, 0.3) is 16.6 Å². The van der Waals surface area contributed by atoms with Crippen molar-refractivity contribution in [2.75, 3.05) is 6.61 Å². The van der Waals surface area contributed by atoms with E-state index in [2.05, 4.69) is 36.3 Å². The van der Waals surface area contributed by atoms with Gasteiger partial charge in [-0.3, -0.25) is 0 Å². The summed E-state index contributed by atoms with van der Waals surface area (Å²) >= 11 is 0. The minimum absolute atomic E-state index is 0.679. The molecule has 0 saturated carbocycles. The first-order chi connectivity index (χ1) is 10.3. The Labute approximate surface area is 125 Å². The van der Waals surface area contributed by atoms with Gasteiger partial charge in [-0.15, -0.1) is 0 Å². The Morgan fingerprint density at radius 1 is 1.05 bits per heavy atom. The second-order valence-electron chi connectivity index (χ2n) is 5.14.